The summed E-state index contributed by atoms with van der Waals surface area (Å²) in [7, 11) is 0. The Bertz CT molecular complexity index is 1780. The molecule has 3 aromatic carbocycles. The van der Waals surface area contributed by atoms with Gasteiger partial charge in [-0.1, -0.05) is 48.5 Å². The van der Waals surface area contributed by atoms with Crippen molar-refractivity contribution in [3.63, 3.8) is 0 Å². The molecule has 4 heterocycles. The number of ether oxygens (including phenoxy) is 2. The number of fused-ring (bicyclic) bond motifs is 2. The second-order valence-corrected chi connectivity index (χ2v) is 9.91. The molecule has 0 saturated carbocycles. The maximum atomic E-state index is 13.6. The minimum Gasteiger partial charge on any atom is -0.454 e. The first-order valence-electron chi connectivity index (χ1n) is 13.1. The number of aromatic nitrogens is 5. The van der Waals surface area contributed by atoms with E-state index in [2.05, 4.69) is 31.5 Å². The Morgan fingerprint density at radius 2 is 1.80 bits per heavy atom. The van der Waals surface area contributed by atoms with Gasteiger partial charge < -0.3 is 14.5 Å². The van der Waals surface area contributed by atoms with E-state index >= 15 is 0 Å². The molecule has 0 fully saturated rings. The Balaban J connectivity index is 1.31. The number of hydrogen-bond donors (Lipinski definition) is 1. The van der Waals surface area contributed by atoms with Crippen LogP contribution in [-0.2, 0) is 6.54 Å². The first-order valence-corrected chi connectivity index (χ1v) is 13.1. The van der Waals surface area contributed by atoms with Gasteiger partial charge in [-0.2, -0.15) is 0 Å². The Morgan fingerprint density at radius 1 is 1.00 bits per heavy atom. The highest BCUT2D eigenvalue weighted by molar-refractivity contribution is 5.83. The van der Waals surface area contributed by atoms with Crippen LogP contribution in [0.3, 0.4) is 0 Å². The molecule has 0 unspecified atom stereocenters. The van der Waals surface area contributed by atoms with Gasteiger partial charge in [0.05, 0.1) is 12.1 Å². The molecule has 0 amide bonds. The summed E-state index contributed by atoms with van der Waals surface area (Å²) < 4.78 is 26.3. The lowest BCUT2D eigenvalue weighted by molar-refractivity contribution is 0.174. The van der Waals surface area contributed by atoms with Crippen molar-refractivity contribution in [2.24, 2.45) is 0 Å². The average molecular weight is 537 g/mol. The number of nitrogens with zero attached hydrogens (tertiary/aromatic N) is 5. The molecular formula is C30H25FN6O3. The maximum Gasteiger partial charge on any atom is 0.253 e. The molecule has 5 aromatic rings. The van der Waals surface area contributed by atoms with E-state index in [-0.39, 0.29) is 18.2 Å². The summed E-state index contributed by atoms with van der Waals surface area (Å²) in [5, 5.41) is 13.6. The van der Waals surface area contributed by atoms with Crippen molar-refractivity contribution in [2.45, 2.75) is 19.0 Å². The number of aromatic amines is 1. The van der Waals surface area contributed by atoms with Gasteiger partial charge in [0.15, 0.2) is 17.3 Å². The van der Waals surface area contributed by atoms with Gasteiger partial charge in [0, 0.05) is 30.1 Å². The van der Waals surface area contributed by atoms with Crippen molar-refractivity contribution < 1.29 is 13.9 Å². The molecule has 2 aliphatic rings. The number of pyridine rings is 1. The highest BCUT2D eigenvalue weighted by atomic mass is 19.1. The van der Waals surface area contributed by atoms with E-state index in [1.54, 1.807) is 22.9 Å². The molecule has 2 aliphatic heterocycles. The van der Waals surface area contributed by atoms with Gasteiger partial charge in [0.1, 0.15) is 11.9 Å². The van der Waals surface area contributed by atoms with Gasteiger partial charge in [0.2, 0.25) is 6.79 Å². The van der Waals surface area contributed by atoms with Gasteiger partial charge in [-0.15, -0.1) is 5.10 Å². The predicted molar refractivity (Wildman–Crippen MR) is 146 cm³/mol. The van der Waals surface area contributed by atoms with Crippen molar-refractivity contribution in [1.29, 1.82) is 0 Å². The summed E-state index contributed by atoms with van der Waals surface area (Å²) in [5.41, 5.74) is 4.16. The van der Waals surface area contributed by atoms with Crippen LogP contribution in [0.5, 0.6) is 11.5 Å². The smallest absolute Gasteiger partial charge is 0.253 e. The van der Waals surface area contributed by atoms with E-state index in [1.165, 1.54) is 12.1 Å². The van der Waals surface area contributed by atoms with Gasteiger partial charge in [0.25, 0.3) is 5.56 Å². The van der Waals surface area contributed by atoms with E-state index in [4.69, 9.17) is 9.47 Å². The molecule has 7 rings (SSSR count). The van der Waals surface area contributed by atoms with Crippen LogP contribution in [-0.4, -0.2) is 50.0 Å². The van der Waals surface area contributed by atoms with E-state index in [9.17, 15) is 9.18 Å². The fourth-order valence-electron chi connectivity index (χ4n) is 5.44. The third-order valence-electron chi connectivity index (χ3n) is 7.46. The summed E-state index contributed by atoms with van der Waals surface area (Å²) in [6, 6.07) is 21.5. The Morgan fingerprint density at radius 3 is 2.58 bits per heavy atom. The Hall–Kier alpha value is -4.83. The quantitative estimate of drug-likeness (QED) is 0.345. The standard InChI is InChI=1S/C30H25FN6O3/c31-23-8-6-20(7-9-23)21-10-12-36(13-11-21)28(29-33-34-35-37(29)17-19-4-2-1-3-5-19)24-14-22-15-26-27(40-18-39-26)16-25(22)32-30(24)38/h1-10,14-16,28H,11-13,17-18H2,(H,32,38)/t28-/m0/s1. The summed E-state index contributed by atoms with van der Waals surface area (Å²) in [4.78, 5) is 18.8. The molecule has 2 aromatic heterocycles. The number of nitrogens with one attached hydrogen (secondary N) is 1. The zero-order valence-electron chi connectivity index (χ0n) is 21.5. The summed E-state index contributed by atoms with van der Waals surface area (Å²) >= 11 is 0. The molecule has 200 valence electrons. The number of H-pyrrole nitrogens is 1. The van der Waals surface area contributed by atoms with Crippen LogP contribution >= 0.6 is 0 Å². The van der Waals surface area contributed by atoms with Gasteiger partial charge in [-0.05, 0) is 57.8 Å². The minimum atomic E-state index is -0.511. The van der Waals surface area contributed by atoms with E-state index in [1.807, 2.05) is 42.5 Å². The highest BCUT2D eigenvalue weighted by Gasteiger charge is 2.32. The van der Waals surface area contributed by atoms with Crippen molar-refractivity contribution in [3.8, 4) is 11.5 Å². The molecule has 0 saturated heterocycles. The first kappa shape index (κ1) is 24.2. The highest BCUT2D eigenvalue weighted by Crippen LogP contribution is 2.37. The van der Waals surface area contributed by atoms with Crippen LogP contribution in [0.4, 0.5) is 4.39 Å². The van der Waals surface area contributed by atoms with E-state index < -0.39 is 6.04 Å². The normalized spacial score (nSPS) is 15.8. The van der Waals surface area contributed by atoms with Crippen LogP contribution in [0.15, 0.2) is 83.7 Å². The third kappa shape index (κ3) is 4.52. The lowest BCUT2D eigenvalue weighted by Crippen LogP contribution is -2.38. The average Bonchev–Trinajstić information content (AvgIpc) is 3.63. The molecule has 0 aliphatic carbocycles. The van der Waals surface area contributed by atoms with Crippen molar-refractivity contribution in [3.05, 3.63) is 118 Å². The molecule has 1 atom stereocenters. The number of benzene rings is 3. The van der Waals surface area contributed by atoms with Crippen LogP contribution < -0.4 is 15.0 Å². The van der Waals surface area contributed by atoms with Crippen LogP contribution in [0.25, 0.3) is 16.5 Å². The third-order valence-corrected chi connectivity index (χ3v) is 7.46. The number of halogens is 1. The molecule has 0 radical (unpaired) electrons. The monoisotopic (exact) mass is 536 g/mol. The number of hydrogen-bond acceptors (Lipinski definition) is 7. The Labute approximate surface area is 228 Å². The van der Waals surface area contributed by atoms with Gasteiger partial charge >= 0.3 is 0 Å². The SMILES string of the molecule is O=c1[nH]c2cc3c(cc2cc1[C@@H](c1nnnn1Cc1ccccc1)N1CC=C(c2ccc(F)cc2)CC1)OCO3. The predicted octanol–water partition coefficient (Wildman–Crippen LogP) is 4.31. The lowest BCUT2D eigenvalue weighted by atomic mass is 9.96. The van der Waals surface area contributed by atoms with Crippen molar-refractivity contribution in [1.82, 2.24) is 30.1 Å². The molecular weight excluding hydrogens is 511 g/mol. The van der Waals surface area contributed by atoms with Crippen LogP contribution in [0.2, 0.25) is 0 Å². The molecule has 1 N–H and O–H groups in total. The van der Waals surface area contributed by atoms with Gasteiger partial charge in [-0.3, -0.25) is 9.69 Å². The molecule has 0 bridgehead atoms. The molecule has 0 spiro atoms. The van der Waals surface area contributed by atoms with Crippen LogP contribution in [0.1, 0.15) is 35.0 Å². The second kappa shape index (κ2) is 10.0. The topological polar surface area (TPSA) is 98.2 Å². The molecule has 40 heavy (non-hydrogen) atoms. The fourth-order valence-corrected chi connectivity index (χ4v) is 5.44. The number of rotatable bonds is 6. The summed E-state index contributed by atoms with van der Waals surface area (Å²) in [6.07, 6.45) is 2.86. The molecule has 9 nitrogen and oxygen atoms in total. The van der Waals surface area contributed by atoms with Crippen molar-refractivity contribution in [2.75, 3.05) is 19.9 Å². The van der Waals surface area contributed by atoms with E-state index in [0.29, 0.717) is 48.0 Å². The summed E-state index contributed by atoms with van der Waals surface area (Å²) in [5.74, 6) is 1.56. The first-order chi connectivity index (χ1) is 19.6. The van der Waals surface area contributed by atoms with Gasteiger partial charge in [-0.25, -0.2) is 9.07 Å². The zero-order chi connectivity index (χ0) is 27.1. The second-order valence-electron chi connectivity index (χ2n) is 9.91. The summed E-state index contributed by atoms with van der Waals surface area (Å²) in [6.45, 7) is 1.84. The van der Waals surface area contributed by atoms with Crippen LogP contribution in [0, 0.1) is 5.82 Å². The largest absolute Gasteiger partial charge is 0.454 e. The zero-order valence-corrected chi connectivity index (χ0v) is 21.5. The van der Waals surface area contributed by atoms with Crippen molar-refractivity contribution >= 4 is 16.5 Å². The molecule has 10 heteroatoms. The maximum absolute atomic E-state index is 13.6. The lowest BCUT2D eigenvalue weighted by Gasteiger charge is -2.33. The minimum absolute atomic E-state index is 0.149. The number of tetrazole rings is 1. The fraction of sp³-hybridized carbons (Fsp3) is 0.200. The Kier molecular flexibility index (Phi) is 6.09. The van der Waals surface area contributed by atoms with E-state index in [0.717, 1.165) is 28.5 Å².